The van der Waals surface area contributed by atoms with Gasteiger partial charge in [-0.05, 0) is 38.5 Å². The molecule has 2 aromatic heterocycles. The van der Waals surface area contributed by atoms with Crippen LogP contribution in [0.25, 0.3) is 10.2 Å². The minimum atomic E-state index is -0.0922. The Bertz CT molecular complexity index is 928. The Balaban J connectivity index is 1.54. The van der Waals surface area contributed by atoms with Crippen LogP contribution < -0.4 is 4.90 Å². The minimum absolute atomic E-state index is 0.0922. The number of hydrogen-bond donors (Lipinski definition) is 0. The molecule has 0 N–H and O–H groups in total. The molecule has 0 atom stereocenters. The van der Waals surface area contributed by atoms with Crippen molar-refractivity contribution in [3.8, 4) is 0 Å². The number of fused-ring (bicyclic) bond motifs is 1. The van der Waals surface area contributed by atoms with Crippen LogP contribution in [0.1, 0.15) is 36.8 Å². The van der Waals surface area contributed by atoms with Crippen LogP contribution in [0.3, 0.4) is 0 Å². The summed E-state index contributed by atoms with van der Waals surface area (Å²) in [4.78, 5) is 22.2. The highest BCUT2D eigenvalue weighted by molar-refractivity contribution is 7.22. The van der Waals surface area contributed by atoms with Crippen molar-refractivity contribution in [3.63, 3.8) is 0 Å². The number of para-hydroxylation sites is 1. The molecule has 0 radical (unpaired) electrons. The monoisotopic (exact) mass is 413 g/mol. The molecule has 0 bridgehead atoms. The number of ether oxygens (including phenoxy) is 1. The fourth-order valence-corrected chi connectivity index (χ4v) is 4.40. The van der Waals surface area contributed by atoms with E-state index in [1.54, 1.807) is 22.3 Å². The van der Waals surface area contributed by atoms with Crippen LogP contribution in [-0.4, -0.2) is 65.0 Å². The zero-order chi connectivity index (χ0) is 20.2. The summed E-state index contributed by atoms with van der Waals surface area (Å²) in [7, 11) is 0. The highest BCUT2D eigenvalue weighted by Crippen LogP contribution is 2.29. The summed E-state index contributed by atoms with van der Waals surface area (Å²) >= 11 is 1.55. The largest absolute Gasteiger partial charge is 0.379 e. The van der Waals surface area contributed by atoms with E-state index < -0.39 is 0 Å². The predicted octanol–water partition coefficient (Wildman–Crippen LogP) is 3.44. The molecule has 1 saturated heterocycles. The van der Waals surface area contributed by atoms with E-state index in [0.29, 0.717) is 12.2 Å². The highest BCUT2D eigenvalue weighted by atomic mass is 32.1. The first-order chi connectivity index (χ1) is 14.1. The molecule has 1 amide bonds. The molecular weight excluding hydrogens is 386 g/mol. The van der Waals surface area contributed by atoms with Crippen molar-refractivity contribution in [2.45, 2.75) is 26.3 Å². The van der Waals surface area contributed by atoms with Crippen molar-refractivity contribution in [1.82, 2.24) is 19.7 Å². The third-order valence-corrected chi connectivity index (χ3v) is 6.13. The van der Waals surface area contributed by atoms with Gasteiger partial charge >= 0.3 is 0 Å². The number of aromatic nitrogens is 3. The standard InChI is InChI=1S/C21H27N5O2S/c1-16(2)26-11-8-18(23-26)20(27)25(10-5-9-24-12-14-28-15-13-24)21-22-17-6-3-4-7-19(17)29-21/h3-4,6-8,11,16H,5,9-10,12-15H2,1-2H3. The van der Waals surface area contributed by atoms with Gasteiger partial charge in [0, 0.05) is 38.4 Å². The van der Waals surface area contributed by atoms with E-state index in [1.165, 1.54) is 0 Å². The molecule has 7 nitrogen and oxygen atoms in total. The van der Waals surface area contributed by atoms with Gasteiger partial charge < -0.3 is 4.74 Å². The third-order valence-electron chi connectivity index (χ3n) is 5.07. The molecule has 1 aliphatic rings. The number of amides is 1. The predicted molar refractivity (Wildman–Crippen MR) is 116 cm³/mol. The van der Waals surface area contributed by atoms with Crippen LogP contribution in [0, 0.1) is 0 Å². The SMILES string of the molecule is CC(C)n1ccc(C(=O)N(CCCN2CCOCC2)c2nc3ccccc3s2)n1. The molecule has 0 spiro atoms. The lowest BCUT2D eigenvalue weighted by Gasteiger charge is -2.27. The Hall–Kier alpha value is -2.29. The number of carbonyl (C=O) groups excluding carboxylic acids is 1. The summed E-state index contributed by atoms with van der Waals surface area (Å²) in [5.41, 5.74) is 1.38. The number of anilines is 1. The average Bonchev–Trinajstić information content (AvgIpc) is 3.39. The van der Waals surface area contributed by atoms with Gasteiger partial charge in [0.2, 0.25) is 0 Å². The van der Waals surface area contributed by atoms with Crippen molar-refractivity contribution < 1.29 is 9.53 Å². The van der Waals surface area contributed by atoms with Gasteiger partial charge in [0.25, 0.3) is 5.91 Å². The molecule has 29 heavy (non-hydrogen) atoms. The molecule has 154 valence electrons. The Morgan fingerprint density at radius 2 is 2.03 bits per heavy atom. The molecule has 1 fully saturated rings. The zero-order valence-corrected chi connectivity index (χ0v) is 17.8. The number of hydrogen-bond acceptors (Lipinski definition) is 6. The normalized spacial score (nSPS) is 15.3. The van der Waals surface area contributed by atoms with E-state index >= 15 is 0 Å². The van der Waals surface area contributed by atoms with Gasteiger partial charge in [-0.1, -0.05) is 23.5 Å². The topological polar surface area (TPSA) is 63.5 Å². The van der Waals surface area contributed by atoms with Crippen LogP contribution in [0.5, 0.6) is 0 Å². The lowest BCUT2D eigenvalue weighted by molar-refractivity contribution is 0.0376. The second-order valence-electron chi connectivity index (χ2n) is 7.50. The van der Waals surface area contributed by atoms with Gasteiger partial charge in [-0.3, -0.25) is 19.3 Å². The van der Waals surface area contributed by atoms with E-state index in [0.717, 1.165) is 54.6 Å². The number of benzene rings is 1. The number of carbonyl (C=O) groups is 1. The van der Waals surface area contributed by atoms with E-state index in [4.69, 9.17) is 9.72 Å². The first-order valence-corrected chi connectivity index (χ1v) is 11.0. The minimum Gasteiger partial charge on any atom is -0.379 e. The number of rotatable bonds is 7. The van der Waals surface area contributed by atoms with Crippen LogP contribution in [-0.2, 0) is 4.74 Å². The molecule has 0 unspecified atom stereocenters. The fraction of sp³-hybridized carbons (Fsp3) is 0.476. The van der Waals surface area contributed by atoms with E-state index in [1.807, 2.05) is 35.1 Å². The Labute approximate surface area is 174 Å². The van der Waals surface area contributed by atoms with Gasteiger partial charge in [0.1, 0.15) is 0 Å². The van der Waals surface area contributed by atoms with Gasteiger partial charge in [-0.25, -0.2) is 4.98 Å². The summed E-state index contributed by atoms with van der Waals surface area (Å²) < 4.78 is 8.32. The molecule has 0 aliphatic carbocycles. The van der Waals surface area contributed by atoms with Crippen LogP contribution in [0.2, 0.25) is 0 Å². The molecule has 3 aromatic rings. The molecule has 8 heteroatoms. The zero-order valence-electron chi connectivity index (χ0n) is 17.0. The van der Waals surface area contributed by atoms with Crippen molar-refractivity contribution >= 4 is 32.6 Å². The van der Waals surface area contributed by atoms with E-state index in [9.17, 15) is 4.79 Å². The van der Waals surface area contributed by atoms with Crippen molar-refractivity contribution in [2.24, 2.45) is 0 Å². The molecular formula is C21H27N5O2S. The lowest BCUT2D eigenvalue weighted by Crippen LogP contribution is -2.39. The molecule has 0 saturated carbocycles. The van der Waals surface area contributed by atoms with Crippen LogP contribution >= 0.6 is 11.3 Å². The van der Waals surface area contributed by atoms with Gasteiger partial charge in [-0.15, -0.1) is 0 Å². The maximum absolute atomic E-state index is 13.3. The first-order valence-electron chi connectivity index (χ1n) is 10.1. The Morgan fingerprint density at radius 3 is 2.76 bits per heavy atom. The van der Waals surface area contributed by atoms with Crippen LogP contribution in [0.4, 0.5) is 5.13 Å². The maximum Gasteiger partial charge on any atom is 0.280 e. The van der Waals surface area contributed by atoms with Gasteiger partial charge in [-0.2, -0.15) is 5.10 Å². The van der Waals surface area contributed by atoms with Crippen LogP contribution in [0.15, 0.2) is 36.5 Å². The number of nitrogens with zero attached hydrogens (tertiary/aromatic N) is 5. The summed E-state index contributed by atoms with van der Waals surface area (Å²) in [6, 6.07) is 10.0. The lowest BCUT2D eigenvalue weighted by atomic mass is 10.3. The quantitative estimate of drug-likeness (QED) is 0.594. The highest BCUT2D eigenvalue weighted by Gasteiger charge is 2.24. The van der Waals surface area contributed by atoms with Gasteiger partial charge in [0.05, 0.1) is 23.4 Å². The third kappa shape index (κ3) is 4.66. The van der Waals surface area contributed by atoms with Crippen molar-refractivity contribution in [1.29, 1.82) is 0 Å². The second kappa shape index (κ2) is 9.02. The molecule has 1 aromatic carbocycles. The average molecular weight is 414 g/mol. The first kappa shape index (κ1) is 20.0. The molecule has 3 heterocycles. The maximum atomic E-state index is 13.3. The molecule has 4 rings (SSSR count). The smallest absolute Gasteiger partial charge is 0.280 e. The summed E-state index contributed by atoms with van der Waals surface area (Å²) in [5.74, 6) is -0.0922. The summed E-state index contributed by atoms with van der Waals surface area (Å²) in [6.07, 6.45) is 2.74. The van der Waals surface area contributed by atoms with E-state index in [-0.39, 0.29) is 11.9 Å². The van der Waals surface area contributed by atoms with Crippen molar-refractivity contribution in [3.05, 3.63) is 42.2 Å². The second-order valence-corrected chi connectivity index (χ2v) is 8.51. The number of thiazole rings is 1. The van der Waals surface area contributed by atoms with Gasteiger partial charge in [0.15, 0.2) is 10.8 Å². The van der Waals surface area contributed by atoms with E-state index in [2.05, 4.69) is 23.8 Å². The van der Waals surface area contributed by atoms with Crippen molar-refractivity contribution in [2.75, 3.05) is 44.3 Å². The fourth-order valence-electron chi connectivity index (χ4n) is 3.41. The Kier molecular flexibility index (Phi) is 6.22. The summed E-state index contributed by atoms with van der Waals surface area (Å²) in [6.45, 7) is 9.13. The summed E-state index contributed by atoms with van der Waals surface area (Å²) in [5, 5.41) is 5.22. The molecule has 1 aliphatic heterocycles. The Morgan fingerprint density at radius 1 is 1.24 bits per heavy atom. The number of morpholine rings is 1.